The van der Waals surface area contributed by atoms with Crippen molar-refractivity contribution >= 4 is 27.7 Å². The standard InChI is InChI=1S/C34H39FN4O6S/c1-33(2,3)44-32(41)37-34(4,22-24-10-8-7-9-11-24)30-21-29(45-38-30)25-18-26(20-28(19-25)39(5)46(6,42)43)31(40)36-17-16-23-12-14-27(35)15-13-23/h7-15,18-21H,16-17,22H2,1-6H3,(H,36,40)(H,37,41)/t34-/m0/s1. The Hall–Kier alpha value is -4.71. The SMILES string of the molecule is CN(c1cc(C(=O)NCCc2ccc(F)cc2)cc(-c2cc([C@](C)(Cc3ccccc3)NC(=O)OC(C)(C)C)no2)c1)S(C)(=O)=O. The average molecular weight is 651 g/mol. The summed E-state index contributed by atoms with van der Waals surface area (Å²) in [5.41, 5.74) is 1.21. The predicted octanol–water partition coefficient (Wildman–Crippen LogP) is 5.83. The van der Waals surface area contributed by atoms with E-state index < -0.39 is 33.2 Å². The molecule has 0 radical (unpaired) electrons. The number of sulfonamides is 1. The van der Waals surface area contributed by atoms with Crippen LogP contribution >= 0.6 is 0 Å². The van der Waals surface area contributed by atoms with E-state index in [4.69, 9.17) is 9.26 Å². The van der Waals surface area contributed by atoms with Gasteiger partial charge in [-0.25, -0.2) is 17.6 Å². The van der Waals surface area contributed by atoms with Gasteiger partial charge in [0.05, 0.1) is 17.5 Å². The number of halogens is 1. The highest BCUT2D eigenvalue weighted by atomic mass is 32.2. The molecule has 244 valence electrons. The highest BCUT2D eigenvalue weighted by Gasteiger charge is 2.35. The number of carbonyl (C=O) groups excluding carboxylic acids is 2. The molecule has 0 saturated carbocycles. The highest BCUT2D eigenvalue weighted by Crippen LogP contribution is 2.32. The monoisotopic (exact) mass is 650 g/mol. The van der Waals surface area contributed by atoms with Crippen LogP contribution in [0.4, 0.5) is 14.9 Å². The molecule has 46 heavy (non-hydrogen) atoms. The van der Waals surface area contributed by atoms with Crippen molar-refractivity contribution in [2.75, 3.05) is 24.2 Å². The maximum absolute atomic E-state index is 13.3. The maximum Gasteiger partial charge on any atom is 0.408 e. The number of anilines is 1. The number of aromatic nitrogens is 1. The first kappa shape index (κ1) is 34.2. The van der Waals surface area contributed by atoms with E-state index >= 15 is 0 Å². The van der Waals surface area contributed by atoms with Gasteiger partial charge in [0.1, 0.15) is 17.1 Å². The van der Waals surface area contributed by atoms with Crippen molar-refractivity contribution in [1.29, 1.82) is 0 Å². The Balaban J connectivity index is 1.67. The topological polar surface area (TPSA) is 131 Å². The van der Waals surface area contributed by atoms with Gasteiger partial charge in [-0.3, -0.25) is 9.10 Å². The smallest absolute Gasteiger partial charge is 0.408 e. The molecule has 0 saturated heterocycles. The quantitative estimate of drug-likeness (QED) is 0.209. The lowest BCUT2D eigenvalue weighted by Crippen LogP contribution is -2.47. The third-order valence-electron chi connectivity index (χ3n) is 7.19. The third kappa shape index (κ3) is 9.16. The molecule has 0 aliphatic heterocycles. The van der Waals surface area contributed by atoms with Crippen LogP contribution in [0, 0.1) is 5.82 Å². The zero-order valence-corrected chi connectivity index (χ0v) is 27.6. The van der Waals surface area contributed by atoms with Crippen LogP contribution in [0.25, 0.3) is 11.3 Å². The number of carbonyl (C=O) groups is 2. The van der Waals surface area contributed by atoms with Crippen LogP contribution in [-0.2, 0) is 33.1 Å². The van der Waals surface area contributed by atoms with E-state index in [9.17, 15) is 22.4 Å². The van der Waals surface area contributed by atoms with Gasteiger partial charge in [-0.1, -0.05) is 47.6 Å². The molecule has 0 aliphatic rings. The minimum absolute atomic E-state index is 0.194. The fourth-order valence-corrected chi connectivity index (χ4v) is 5.22. The number of alkyl carbamates (subject to hydrolysis) is 1. The van der Waals surface area contributed by atoms with Crippen molar-refractivity contribution in [3.63, 3.8) is 0 Å². The summed E-state index contributed by atoms with van der Waals surface area (Å²) in [5.74, 6) is -0.527. The van der Waals surface area contributed by atoms with Gasteiger partial charge in [-0.15, -0.1) is 0 Å². The lowest BCUT2D eigenvalue weighted by atomic mass is 9.89. The molecule has 0 fully saturated rings. The van der Waals surface area contributed by atoms with E-state index in [0.29, 0.717) is 24.1 Å². The number of ether oxygens (including phenoxy) is 1. The average Bonchev–Trinajstić information content (AvgIpc) is 3.48. The van der Waals surface area contributed by atoms with Crippen molar-refractivity contribution in [3.05, 3.63) is 107 Å². The molecule has 12 heteroatoms. The van der Waals surface area contributed by atoms with Crippen molar-refractivity contribution in [2.24, 2.45) is 0 Å². The molecule has 10 nitrogen and oxygen atoms in total. The van der Waals surface area contributed by atoms with Gasteiger partial charge in [-0.2, -0.15) is 0 Å². The molecule has 1 aromatic heterocycles. The predicted molar refractivity (Wildman–Crippen MR) is 174 cm³/mol. The summed E-state index contributed by atoms with van der Waals surface area (Å²) in [4.78, 5) is 26.2. The highest BCUT2D eigenvalue weighted by molar-refractivity contribution is 7.92. The first-order valence-electron chi connectivity index (χ1n) is 14.7. The molecule has 2 N–H and O–H groups in total. The first-order valence-corrected chi connectivity index (χ1v) is 16.5. The molecule has 4 rings (SSSR count). The van der Waals surface area contributed by atoms with Gasteiger partial charge in [0, 0.05) is 37.2 Å². The Bertz CT molecular complexity index is 1790. The molecule has 4 aromatic rings. The van der Waals surface area contributed by atoms with E-state index in [1.165, 1.54) is 25.2 Å². The van der Waals surface area contributed by atoms with Gasteiger partial charge >= 0.3 is 6.09 Å². The number of nitrogens with one attached hydrogen (secondary N) is 2. The van der Waals surface area contributed by atoms with E-state index in [0.717, 1.165) is 21.7 Å². The number of rotatable bonds is 11. The fraction of sp³-hybridized carbons (Fsp3) is 0.324. The minimum atomic E-state index is -3.67. The summed E-state index contributed by atoms with van der Waals surface area (Å²) in [6.07, 6.45) is 1.26. The van der Waals surface area contributed by atoms with Crippen molar-refractivity contribution in [3.8, 4) is 11.3 Å². The lowest BCUT2D eigenvalue weighted by Gasteiger charge is -2.30. The molecule has 1 heterocycles. The molecular weight excluding hydrogens is 611 g/mol. The summed E-state index contributed by atoms with van der Waals surface area (Å²) in [7, 11) is -2.28. The molecule has 0 unspecified atom stereocenters. The zero-order chi connectivity index (χ0) is 33.7. The van der Waals surface area contributed by atoms with Crippen LogP contribution in [0.2, 0.25) is 0 Å². The van der Waals surface area contributed by atoms with Gasteiger partial charge in [0.15, 0.2) is 5.76 Å². The van der Waals surface area contributed by atoms with Gasteiger partial charge in [0.25, 0.3) is 5.91 Å². The van der Waals surface area contributed by atoms with Crippen LogP contribution in [0.15, 0.2) is 83.4 Å². The van der Waals surface area contributed by atoms with Crippen LogP contribution in [0.1, 0.15) is 54.9 Å². The largest absolute Gasteiger partial charge is 0.444 e. The number of benzene rings is 3. The van der Waals surface area contributed by atoms with E-state index in [1.807, 2.05) is 30.3 Å². The van der Waals surface area contributed by atoms with Crippen LogP contribution < -0.4 is 14.9 Å². The minimum Gasteiger partial charge on any atom is -0.444 e. The summed E-state index contributed by atoms with van der Waals surface area (Å²) < 4.78 is 50.5. The van der Waals surface area contributed by atoms with Gasteiger partial charge in [0.2, 0.25) is 10.0 Å². The molecule has 0 bridgehead atoms. The molecule has 1 atom stereocenters. The Morgan fingerprint density at radius 3 is 2.26 bits per heavy atom. The van der Waals surface area contributed by atoms with Crippen LogP contribution in [-0.4, -0.2) is 51.0 Å². The second kappa shape index (κ2) is 13.7. The van der Waals surface area contributed by atoms with Crippen molar-refractivity contribution < 1.29 is 31.7 Å². The normalized spacial score (nSPS) is 13.0. The third-order valence-corrected chi connectivity index (χ3v) is 8.40. The molecule has 0 aliphatic carbocycles. The van der Waals surface area contributed by atoms with Crippen LogP contribution in [0.5, 0.6) is 0 Å². The van der Waals surface area contributed by atoms with Gasteiger partial charge in [-0.05, 0) is 75.6 Å². The molecular formula is C34H39FN4O6S. The lowest BCUT2D eigenvalue weighted by molar-refractivity contribution is 0.0456. The summed E-state index contributed by atoms with van der Waals surface area (Å²) >= 11 is 0. The maximum atomic E-state index is 13.3. The first-order chi connectivity index (χ1) is 21.5. The van der Waals surface area contributed by atoms with E-state index in [2.05, 4.69) is 15.8 Å². The molecule has 2 amide bonds. The molecule has 3 aromatic carbocycles. The van der Waals surface area contributed by atoms with Gasteiger partial charge < -0.3 is 19.9 Å². The number of hydrogen-bond acceptors (Lipinski definition) is 7. The number of nitrogens with zero attached hydrogens (tertiary/aromatic N) is 2. The Morgan fingerprint density at radius 1 is 0.957 bits per heavy atom. The van der Waals surface area contributed by atoms with Crippen molar-refractivity contribution in [2.45, 2.75) is 51.7 Å². The molecule has 0 spiro atoms. The van der Waals surface area contributed by atoms with Crippen molar-refractivity contribution in [1.82, 2.24) is 15.8 Å². The second-order valence-corrected chi connectivity index (χ2v) is 14.3. The van der Waals surface area contributed by atoms with Crippen LogP contribution in [0.3, 0.4) is 0 Å². The number of hydrogen-bond donors (Lipinski definition) is 2. The Kier molecular flexibility index (Phi) is 10.2. The van der Waals surface area contributed by atoms with E-state index in [-0.39, 0.29) is 29.4 Å². The second-order valence-electron chi connectivity index (χ2n) is 12.3. The Labute approximate surface area is 269 Å². The zero-order valence-electron chi connectivity index (χ0n) is 26.8. The summed E-state index contributed by atoms with van der Waals surface area (Å²) in [5, 5.41) is 10.1. The van der Waals surface area contributed by atoms with E-state index in [1.54, 1.807) is 58.0 Å². The summed E-state index contributed by atoms with van der Waals surface area (Å²) in [6, 6.07) is 21.8. The summed E-state index contributed by atoms with van der Waals surface area (Å²) in [6.45, 7) is 7.39. The Morgan fingerprint density at radius 2 is 1.63 bits per heavy atom. The fourth-order valence-electron chi connectivity index (χ4n) is 4.73. The number of amides is 2.